The van der Waals surface area contributed by atoms with Crippen molar-refractivity contribution in [1.82, 2.24) is 0 Å². The summed E-state index contributed by atoms with van der Waals surface area (Å²) in [5.74, 6) is 1.56. The summed E-state index contributed by atoms with van der Waals surface area (Å²) in [4.78, 5) is 0.524. The lowest BCUT2D eigenvalue weighted by molar-refractivity contribution is 0.240. The molecule has 0 aliphatic rings. The van der Waals surface area contributed by atoms with Gasteiger partial charge in [-0.25, -0.2) is 0 Å². The first-order valence-corrected chi connectivity index (χ1v) is 6.56. The third-order valence-corrected chi connectivity index (χ3v) is 3.09. The zero-order chi connectivity index (χ0) is 12.7. The van der Waals surface area contributed by atoms with E-state index in [-0.39, 0.29) is 0 Å². The Labute approximate surface area is 109 Å². The molecule has 17 heavy (non-hydrogen) atoms. The molecular formula is C14H21NOS. The van der Waals surface area contributed by atoms with Crippen LogP contribution in [0.25, 0.3) is 0 Å². The van der Waals surface area contributed by atoms with Crippen molar-refractivity contribution in [2.75, 3.05) is 6.61 Å². The maximum Gasteiger partial charge on any atom is 0.119 e. The number of hydrogen-bond donors (Lipinski definition) is 1. The molecule has 0 amide bonds. The minimum atomic E-state index is 0.524. The molecule has 94 valence electrons. The van der Waals surface area contributed by atoms with E-state index in [1.54, 1.807) is 0 Å². The highest BCUT2D eigenvalue weighted by molar-refractivity contribution is 7.80. The van der Waals surface area contributed by atoms with E-state index in [4.69, 9.17) is 22.7 Å². The number of nitrogens with two attached hydrogens (primary N) is 1. The molecule has 1 aromatic rings. The lowest BCUT2D eigenvalue weighted by atomic mass is 10.1. The summed E-state index contributed by atoms with van der Waals surface area (Å²) >= 11 is 4.87. The molecule has 1 aromatic carbocycles. The van der Waals surface area contributed by atoms with Crippen LogP contribution in [0.15, 0.2) is 24.3 Å². The third-order valence-electron chi connectivity index (χ3n) is 2.94. The fourth-order valence-electron chi connectivity index (χ4n) is 1.64. The van der Waals surface area contributed by atoms with Crippen LogP contribution in [0.1, 0.15) is 32.3 Å². The molecule has 0 heterocycles. The first-order valence-electron chi connectivity index (χ1n) is 6.15. The van der Waals surface area contributed by atoms with Crippen molar-refractivity contribution in [3.8, 4) is 5.75 Å². The normalized spacial score (nSPS) is 10.5. The van der Waals surface area contributed by atoms with Gasteiger partial charge in [-0.15, -0.1) is 0 Å². The molecule has 0 aliphatic carbocycles. The van der Waals surface area contributed by atoms with Gasteiger partial charge in [-0.1, -0.05) is 51.0 Å². The SMILES string of the molecule is CCC(CC)COc1ccc(CC(N)=S)cc1. The first-order chi connectivity index (χ1) is 8.15. The van der Waals surface area contributed by atoms with Gasteiger partial charge < -0.3 is 10.5 Å². The van der Waals surface area contributed by atoms with Crippen molar-refractivity contribution in [2.45, 2.75) is 33.1 Å². The lowest BCUT2D eigenvalue weighted by Gasteiger charge is -2.13. The van der Waals surface area contributed by atoms with Gasteiger partial charge in [0.1, 0.15) is 5.75 Å². The van der Waals surface area contributed by atoms with Crippen LogP contribution >= 0.6 is 12.2 Å². The smallest absolute Gasteiger partial charge is 0.119 e. The molecule has 1 rings (SSSR count). The third kappa shape index (κ3) is 5.18. The topological polar surface area (TPSA) is 35.2 Å². The van der Waals surface area contributed by atoms with Gasteiger partial charge in [-0.3, -0.25) is 0 Å². The Bertz CT molecular complexity index is 344. The molecule has 3 heteroatoms. The van der Waals surface area contributed by atoms with E-state index in [0.717, 1.165) is 30.8 Å². The number of benzene rings is 1. The van der Waals surface area contributed by atoms with E-state index in [2.05, 4.69) is 13.8 Å². The van der Waals surface area contributed by atoms with Gasteiger partial charge in [0.25, 0.3) is 0 Å². The maximum atomic E-state index is 5.75. The van der Waals surface area contributed by atoms with Crippen LogP contribution in [0, 0.1) is 5.92 Å². The second-order valence-corrected chi connectivity index (χ2v) is 4.80. The Hall–Kier alpha value is -1.09. The minimum Gasteiger partial charge on any atom is -0.493 e. The van der Waals surface area contributed by atoms with Crippen molar-refractivity contribution in [3.05, 3.63) is 29.8 Å². The number of rotatable bonds is 7. The summed E-state index contributed by atoms with van der Waals surface area (Å²) in [6.07, 6.45) is 2.98. The summed E-state index contributed by atoms with van der Waals surface area (Å²) < 4.78 is 5.75. The highest BCUT2D eigenvalue weighted by Crippen LogP contribution is 2.15. The Kier molecular flexibility index (Phi) is 5.98. The van der Waals surface area contributed by atoms with Crippen molar-refractivity contribution < 1.29 is 4.74 Å². The van der Waals surface area contributed by atoms with Gasteiger partial charge in [0, 0.05) is 6.42 Å². The average molecular weight is 251 g/mol. The van der Waals surface area contributed by atoms with Gasteiger partial charge in [-0.05, 0) is 23.6 Å². The molecule has 0 saturated carbocycles. The average Bonchev–Trinajstić information content (AvgIpc) is 2.32. The van der Waals surface area contributed by atoms with Crippen LogP contribution < -0.4 is 10.5 Å². The predicted molar refractivity (Wildman–Crippen MR) is 76.5 cm³/mol. The van der Waals surface area contributed by atoms with E-state index in [9.17, 15) is 0 Å². The summed E-state index contributed by atoms with van der Waals surface area (Å²) in [6.45, 7) is 5.19. The summed E-state index contributed by atoms with van der Waals surface area (Å²) in [7, 11) is 0. The largest absolute Gasteiger partial charge is 0.493 e. The molecule has 0 spiro atoms. The fourth-order valence-corrected chi connectivity index (χ4v) is 1.81. The van der Waals surface area contributed by atoms with Gasteiger partial charge in [0.05, 0.1) is 11.6 Å². The summed E-state index contributed by atoms with van der Waals surface area (Å²) in [5.41, 5.74) is 6.63. The number of thiocarbonyl (C=S) groups is 1. The molecule has 0 saturated heterocycles. The summed E-state index contributed by atoms with van der Waals surface area (Å²) in [5, 5.41) is 0. The van der Waals surface area contributed by atoms with Gasteiger partial charge in [0.15, 0.2) is 0 Å². The van der Waals surface area contributed by atoms with E-state index < -0.39 is 0 Å². The van der Waals surface area contributed by atoms with Crippen molar-refractivity contribution in [1.29, 1.82) is 0 Å². The van der Waals surface area contributed by atoms with Crippen LogP contribution in [0.2, 0.25) is 0 Å². The van der Waals surface area contributed by atoms with E-state index in [1.807, 2.05) is 24.3 Å². The van der Waals surface area contributed by atoms with Crippen LogP contribution in [-0.4, -0.2) is 11.6 Å². The van der Waals surface area contributed by atoms with Crippen LogP contribution in [-0.2, 0) is 6.42 Å². The zero-order valence-corrected chi connectivity index (χ0v) is 11.4. The lowest BCUT2D eigenvalue weighted by Crippen LogP contribution is -2.11. The van der Waals surface area contributed by atoms with Crippen molar-refractivity contribution in [3.63, 3.8) is 0 Å². The van der Waals surface area contributed by atoms with E-state index in [1.165, 1.54) is 0 Å². The number of hydrogen-bond acceptors (Lipinski definition) is 2. The molecule has 0 radical (unpaired) electrons. The molecule has 0 fully saturated rings. The molecule has 0 unspecified atom stereocenters. The predicted octanol–water partition coefficient (Wildman–Crippen LogP) is 3.33. The van der Waals surface area contributed by atoms with Crippen molar-refractivity contribution >= 4 is 17.2 Å². The van der Waals surface area contributed by atoms with Gasteiger partial charge in [0.2, 0.25) is 0 Å². The summed E-state index contributed by atoms with van der Waals surface area (Å²) in [6, 6.07) is 7.99. The zero-order valence-electron chi connectivity index (χ0n) is 10.6. The standard InChI is InChI=1S/C14H21NOS/c1-3-11(4-2)10-16-13-7-5-12(6-8-13)9-14(15)17/h5-8,11H,3-4,9-10H2,1-2H3,(H2,15,17). The molecular weight excluding hydrogens is 230 g/mol. The molecule has 0 bridgehead atoms. The van der Waals surface area contributed by atoms with Gasteiger partial charge in [-0.2, -0.15) is 0 Å². The van der Waals surface area contributed by atoms with Crippen LogP contribution in [0.5, 0.6) is 5.75 Å². The maximum absolute atomic E-state index is 5.75. The van der Waals surface area contributed by atoms with Crippen LogP contribution in [0.3, 0.4) is 0 Å². The Morgan fingerprint density at radius 2 is 1.82 bits per heavy atom. The first kappa shape index (κ1) is 14.0. The quantitative estimate of drug-likeness (QED) is 0.755. The highest BCUT2D eigenvalue weighted by Gasteiger charge is 2.04. The van der Waals surface area contributed by atoms with Crippen molar-refractivity contribution in [2.24, 2.45) is 11.7 Å². The van der Waals surface area contributed by atoms with E-state index >= 15 is 0 Å². The molecule has 0 aliphatic heterocycles. The Balaban J connectivity index is 2.47. The fraction of sp³-hybridized carbons (Fsp3) is 0.500. The Morgan fingerprint density at radius 1 is 1.24 bits per heavy atom. The van der Waals surface area contributed by atoms with Gasteiger partial charge >= 0.3 is 0 Å². The Morgan fingerprint density at radius 3 is 2.29 bits per heavy atom. The molecule has 2 nitrogen and oxygen atoms in total. The number of ether oxygens (including phenoxy) is 1. The minimum absolute atomic E-state index is 0.524. The second kappa shape index (κ2) is 7.28. The monoisotopic (exact) mass is 251 g/mol. The second-order valence-electron chi connectivity index (χ2n) is 4.28. The molecule has 2 N–H and O–H groups in total. The van der Waals surface area contributed by atoms with E-state index in [0.29, 0.717) is 17.3 Å². The van der Waals surface area contributed by atoms with Crippen LogP contribution in [0.4, 0.5) is 0 Å². The molecule has 0 aromatic heterocycles. The highest BCUT2D eigenvalue weighted by atomic mass is 32.1. The molecule has 0 atom stereocenters.